The molecule has 1 amide bonds. The van der Waals surface area contributed by atoms with Crippen LogP contribution < -0.4 is 14.8 Å². The third-order valence-electron chi connectivity index (χ3n) is 4.68. The van der Waals surface area contributed by atoms with Crippen molar-refractivity contribution in [1.82, 2.24) is 14.8 Å². The van der Waals surface area contributed by atoms with Gasteiger partial charge in [-0.05, 0) is 51.5 Å². The smallest absolute Gasteiger partial charge is 0.234 e. The Morgan fingerprint density at radius 2 is 1.84 bits per heavy atom. The first-order valence-corrected chi connectivity index (χ1v) is 11.1. The van der Waals surface area contributed by atoms with Crippen molar-refractivity contribution in [2.75, 3.05) is 18.2 Å². The molecule has 0 aliphatic carbocycles. The summed E-state index contributed by atoms with van der Waals surface area (Å²) in [6, 6.07) is 15.3. The molecule has 1 heterocycles. The second-order valence-corrected chi connectivity index (χ2v) is 8.34. The van der Waals surface area contributed by atoms with Crippen LogP contribution >= 0.6 is 11.8 Å². The maximum atomic E-state index is 12.4. The average molecular weight is 441 g/mol. The summed E-state index contributed by atoms with van der Waals surface area (Å²) in [6.45, 7) is 8.01. The highest BCUT2D eigenvalue weighted by Crippen LogP contribution is 2.29. The Bertz CT molecular complexity index is 1040. The Morgan fingerprint density at radius 3 is 2.55 bits per heavy atom. The van der Waals surface area contributed by atoms with Crippen molar-refractivity contribution in [2.24, 2.45) is 0 Å². The van der Waals surface area contributed by atoms with Crippen LogP contribution in [-0.2, 0) is 4.79 Å². The van der Waals surface area contributed by atoms with Crippen LogP contribution in [0.4, 0.5) is 5.69 Å². The zero-order valence-corrected chi connectivity index (χ0v) is 19.3. The molecular weight excluding hydrogens is 412 g/mol. The number of anilines is 1. The molecule has 7 nitrogen and oxygen atoms in total. The third-order valence-corrected chi connectivity index (χ3v) is 5.62. The molecule has 0 radical (unpaired) electrons. The molecule has 0 bridgehead atoms. The molecule has 1 aromatic heterocycles. The van der Waals surface area contributed by atoms with E-state index in [9.17, 15) is 4.79 Å². The number of hydrogen-bond donors (Lipinski definition) is 1. The number of amides is 1. The number of nitrogens with zero attached hydrogens (tertiary/aromatic N) is 3. The number of hydrogen-bond acceptors (Lipinski definition) is 6. The lowest BCUT2D eigenvalue weighted by Gasteiger charge is -2.19. The minimum Gasteiger partial charge on any atom is -0.497 e. The molecule has 0 spiro atoms. The number of methoxy groups -OCH3 is 1. The van der Waals surface area contributed by atoms with E-state index in [1.165, 1.54) is 11.8 Å². The topological polar surface area (TPSA) is 78.3 Å². The van der Waals surface area contributed by atoms with Gasteiger partial charge < -0.3 is 19.4 Å². The van der Waals surface area contributed by atoms with Crippen molar-refractivity contribution < 1.29 is 14.3 Å². The number of ether oxygens (including phenoxy) is 2. The summed E-state index contributed by atoms with van der Waals surface area (Å²) in [7, 11) is 1.62. The largest absolute Gasteiger partial charge is 0.497 e. The summed E-state index contributed by atoms with van der Waals surface area (Å²) in [6.07, 6.45) is -0.322. The molecule has 3 aromatic rings. The fourth-order valence-electron chi connectivity index (χ4n) is 3.11. The zero-order valence-electron chi connectivity index (χ0n) is 18.5. The van der Waals surface area contributed by atoms with Crippen LogP contribution in [0.5, 0.6) is 11.5 Å². The van der Waals surface area contributed by atoms with Gasteiger partial charge >= 0.3 is 0 Å². The molecule has 8 heteroatoms. The van der Waals surface area contributed by atoms with Gasteiger partial charge in [-0.15, -0.1) is 10.2 Å². The lowest BCUT2D eigenvalue weighted by Crippen LogP contribution is -2.17. The molecule has 2 aromatic carbocycles. The Morgan fingerprint density at radius 1 is 1.10 bits per heavy atom. The van der Waals surface area contributed by atoms with E-state index in [0.717, 1.165) is 17.0 Å². The second-order valence-electron chi connectivity index (χ2n) is 7.40. The van der Waals surface area contributed by atoms with Crippen LogP contribution in [0.3, 0.4) is 0 Å². The molecule has 1 unspecified atom stereocenters. The second kappa shape index (κ2) is 10.3. The fraction of sp³-hybridized carbons (Fsp3) is 0.348. The number of carbonyl (C=O) groups is 1. The summed E-state index contributed by atoms with van der Waals surface area (Å²) < 4.78 is 13.3. The van der Waals surface area contributed by atoms with Gasteiger partial charge in [-0.2, -0.15) is 0 Å². The molecule has 0 saturated heterocycles. The van der Waals surface area contributed by atoms with E-state index in [4.69, 9.17) is 9.47 Å². The number of para-hydroxylation sites is 1. The number of aromatic nitrogens is 3. The first-order valence-electron chi connectivity index (χ1n) is 10.1. The maximum Gasteiger partial charge on any atom is 0.234 e. The monoisotopic (exact) mass is 440 g/mol. The quantitative estimate of drug-likeness (QED) is 0.469. The molecule has 0 fully saturated rings. The SMILES string of the molecule is COc1cccc(OC(C)c2nnc(SCC(=O)Nc3ccccc3C)n2C(C)C)c1. The van der Waals surface area contributed by atoms with Crippen molar-refractivity contribution in [3.63, 3.8) is 0 Å². The normalized spacial score (nSPS) is 11.9. The number of carbonyl (C=O) groups excluding carboxylic acids is 1. The van der Waals surface area contributed by atoms with Crippen molar-refractivity contribution >= 4 is 23.4 Å². The van der Waals surface area contributed by atoms with Gasteiger partial charge in [-0.25, -0.2) is 0 Å². The molecule has 164 valence electrons. The van der Waals surface area contributed by atoms with E-state index < -0.39 is 0 Å². The molecule has 3 rings (SSSR count). The molecule has 0 aliphatic heterocycles. The Balaban J connectivity index is 1.69. The van der Waals surface area contributed by atoms with Crippen LogP contribution in [0.15, 0.2) is 53.7 Å². The Labute approximate surface area is 187 Å². The molecule has 31 heavy (non-hydrogen) atoms. The van der Waals surface area contributed by atoms with Gasteiger partial charge in [-0.3, -0.25) is 4.79 Å². The van der Waals surface area contributed by atoms with E-state index >= 15 is 0 Å². The Kier molecular flexibility index (Phi) is 7.57. The molecule has 0 aliphatic rings. The number of rotatable bonds is 9. The zero-order chi connectivity index (χ0) is 22.4. The van der Waals surface area contributed by atoms with Crippen molar-refractivity contribution in [1.29, 1.82) is 0 Å². The Hall–Kier alpha value is -3.00. The van der Waals surface area contributed by atoms with Crippen molar-refractivity contribution in [3.8, 4) is 11.5 Å². The minimum absolute atomic E-state index is 0.0835. The van der Waals surface area contributed by atoms with Gasteiger partial charge in [0.15, 0.2) is 17.1 Å². The van der Waals surface area contributed by atoms with Gasteiger partial charge in [0.2, 0.25) is 5.91 Å². The summed E-state index contributed by atoms with van der Waals surface area (Å²) in [5, 5.41) is 12.3. The van der Waals surface area contributed by atoms with Gasteiger partial charge in [0.05, 0.1) is 12.9 Å². The van der Waals surface area contributed by atoms with Crippen LogP contribution in [0.2, 0.25) is 0 Å². The van der Waals surface area contributed by atoms with E-state index in [1.807, 2.05) is 66.9 Å². The van der Waals surface area contributed by atoms with E-state index in [1.54, 1.807) is 7.11 Å². The summed E-state index contributed by atoms with van der Waals surface area (Å²) in [5.41, 5.74) is 1.84. The number of benzene rings is 2. The van der Waals surface area contributed by atoms with Gasteiger partial charge in [-0.1, -0.05) is 36.0 Å². The summed E-state index contributed by atoms with van der Waals surface area (Å²) >= 11 is 1.36. The van der Waals surface area contributed by atoms with Crippen molar-refractivity contribution in [2.45, 2.75) is 45.0 Å². The lowest BCUT2D eigenvalue weighted by atomic mass is 10.2. The van der Waals surface area contributed by atoms with Crippen LogP contribution in [-0.4, -0.2) is 33.5 Å². The van der Waals surface area contributed by atoms with Crippen molar-refractivity contribution in [3.05, 3.63) is 59.9 Å². The van der Waals surface area contributed by atoms with Gasteiger partial charge in [0.25, 0.3) is 0 Å². The van der Waals surface area contributed by atoms with E-state index in [-0.39, 0.29) is 23.8 Å². The summed E-state index contributed by atoms with van der Waals surface area (Å²) in [4.78, 5) is 12.4. The number of thioether (sulfide) groups is 1. The molecule has 0 saturated carbocycles. The first kappa shape index (κ1) is 22.7. The van der Waals surface area contributed by atoms with Gasteiger partial charge in [0.1, 0.15) is 11.5 Å². The highest BCUT2D eigenvalue weighted by Gasteiger charge is 2.22. The lowest BCUT2D eigenvalue weighted by molar-refractivity contribution is -0.113. The number of nitrogens with one attached hydrogen (secondary N) is 1. The molecular formula is C23H28N4O3S. The summed E-state index contributed by atoms with van der Waals surface area (Å²) in [5.74, 6) is 2.28. The highest BCUT2D eigenvalue weighted by molar-refractivity contribution is 7.99. The predicted molar refractivity (Wildman–Crippen MR) is 123 cm³/mol. The maximum absolute atomic E-state index is 12.4. The van der Waals surface area contributed by atoms with Crippen LogP contribution in [0, 0.1) is 6.92 Å². The van der Waals surface area contributed by atoms with Crippen LogP contribution in [0.25, 0.3) is 0 Å². The number of aryl methyl sites for hydroxylation is 1. The third kappa shape index (κ3) is 5.79. The fourth-order valence-corrected chi connectivity index (χ4v) is 3.98. The molecule has 1 atom stereocenters. The average Bonchev–Trinajstić information content (AvgIpc) is 3.18. The first-order chi connectivity index (χ1) is 14.9. The van der Waals surface area contributed by atoms with Gasteiger partial charge in [0, 0.05) is 17.8 Å². The molecule has 1 N–H and O–H groups in total. The standard InChI is InChI=1S/C23H28N4O3S/c1-15(2)27-22(17(4)30-19-11-8-10-18(13-19)29-5)25-26-23(27)31-14-21(28)24-20-12-7-6-9-16(20)3/h6-13,15,17H,14H2,1-5H3,(H,24,28). The van der Waals surface area contributed by atoms with E-state index in [2.05, 4.69) is 29.4 Å². The predicted octanol–water partition coefficient (Wildman–Crippen LogP) is 5.05. The minimum atomic E-state index is -0.322. The van der Waals surface area contributed by atoms with Crippen LogP contribution in [0.1, 0.15) is 44.3 Å². The van der Waals surface area contributed by atoms with E-state index in [0.29, 0.717) is 16.7 Å². The highest BCUT2D eigenvalue weighted by atomic mass is 32.2.